The summed E-state index contributed by atoms with van der Waals surface area (Å²) in [6.45, 7) is 4.84. The van der Waals surface area contributed by atoms with Crippen molar-refractivity contribution < 1.29 is 13.9 Å². The third-order valence-electron chi connectivity index (χ3n) is 6.06. The van der Waals surface area contributed by atoms with Crippen LogP contribution in [0.5, 0.6) is 0 Å². The number of nitrogen functional groups attached to an aromatic ring is 3. The number of carbonyl (C=O) groups excluding carboxylic acids is 1. The lowest BCUT2D eigenvalue weighted by molar-refractivity contribution is -0.144. The number of nitrogens with two attached hydrogens (primary N) is 3. The molecule has 1 unspecified atom stereocenters. The monoisotopic (exact) mass is 919 g/mol. The van der Waals surface area contributed by atoms with E-state index in [1.54, 1.807) is 42.9 Å². The lowest BCUT2D eigenvalue weighted by atomic mass is 10.0. The zero-order valence-electron chi connectivity index (χ0n) is 26.5. The highest BCUT2D eigenvalue weighted by atomic mass is 79.9. The Labute approximate surface area is 331 Å². The molecule has 0 amide bonds. The first kappa shape index (κ1) is 45.1. The molecule has 0 aliphatic carbocycles. The molecule has 0 aliphatic rings. The zero-order valence-corrected chi connectivity index (χ0v) is 34.3. The molecule has 0 fully saturated rings. The van der Waals surface area contributed by atoms with Gasteiger partial charge in [0.15, 0.2) is 0 Å². The molecule has 0 aliphatic heterocycles. The molecule has 18 heteroatoms. The first-order valence-electron chi connectivity index (χ1n) is 14.5. The van der Waals surface area contributed by atoms with Crippen LogP contribution in [0.1, 0.15) is 46.0 Å². The highest BCUT2D eigenvalue weighted by Gasteiger charge is 2.11. The van der Waals surface area contributed by atoms with Gasteiger partial charge in [0.1, 0.15) is 22.5 Å². The van der Waals surface area contributed by atoms with Gasteiger partial charge in [0, 0.05) is 44.4 Å². The third kappa shape index (κ3) is 17.7. The number of pyridine rings is 4. The van der Waals surface area contributed by atoms with E-state index in [2.05, 4.69) is 65.6 Å². The SMILES string of the molecule is CCCCC(CC)COC(=O)CCSc1ccnc(N)c1Cl.Fc1nccc(Br)c1Cl.Nc1[nH]ccc(=S)c1Cl.Nc1nccc(Br)c1Cl. The van der Waals surface area contributed by atoms with Crippen LogP contribution in [0.2, 0.25) is 20.1 Å². The van der Waals surface area contributed by atoms with Crippen LogP contribution in [0, 0.1) is 16.4 Å². The molecule has 7 N–H and O–H groups in total. The van der Waals surface area contributed by atoms with Gasteiger partial charge in [0.05, 0.1) is 32.6 Å². The second kappa shape index (κ2) is 25.1. The zero-order chi connectivity index (χ0) is 36.9. The van der Waals surface area contributed by atoms with E-state index in [4.69, 9.17) is 80.6 Å². The number of aromatic amines is 1. The Kier molecular flexibility index (Phi) is 23.1. The van der Waals surface area contributed by atoms with Crippen LogP contribution in [0.25, 0.3) is 0 Å². The maximum absolute atomic E-state index is 12.3. The highest BCUT2D eigenvalue weighted by Crippen LogP contribution is 2.30. The van der Waals surface area contributed by atoms with Gasteiger partial charge in [0.25, 0.3) is 0 Å². The number of nitrogens with zero attached hydrogens (tertiary/aromatic N) is 3. The molecule has 0 spiro atoms. The van der Waals surface area contributed by atoms with E-state index in [1.165, 1.54) is 30.8 Å². The fourth-order valence-corrected chi connectivity index (χ4v) is 5.56. The number of thioether (sulfide) groups is 1. The van der Waals surface area contributed by atoms with Crippen molar-refractivity contribution in [3.63, 3.8) is 0 Å². The van der Waals surface area contributed by atoms with E-state index in [0.717, 1.165) is 22.2 Å². The highest BCUT2D eigenvalue weighted by molar-refractivity contribution is 9.10. The maximum Gasteiger partial charge on any atom is 0.306 e. The van der Waals surface area contributed by atoms with Gasteiger partial charge in [-0.15, -0.1) is 11.8 Å². The molecule has 49 heavy (non-hydrogen) atoms. The summed E-state index contributed by atoms with van der Waals surface area (Å²) in [4.78, 5) is 26.3. The van der Waals surface area contributed by atoms with E-state index in [0.29, 0.717) is 66.2 Å². The summed E-state index contributed by atoms with van der Waals surface area (Å²) < 4.78 is 19.5. The number of anilines is 3. The Morgan fingerprint density at radius 2 is 1.53 bits per heavy atom. The molecule has 0 radical (unpaired) electrons. The minimum atomic E-state index is -0.647. The van der Waals surface area contributed by atoms with Crippen LogP contribution in [-0.4, -0.2) is 38.3 Å². The van der Waals surface area contributed by atoms with Crippen LogP contribution in [0.3, 0.4) is 0 Å². The van der Waals surface area contributed by atoms with Crippen LogP contribution >= 0.6 is 102 Å². The standard InChI is InChI=1S/C16H25ClN2O2S.C5H2BrClFN.C5H4BrClN2.C5H5ClN2S/c1-3-5-6-12(4-2)11-21-14(20)8-10-22-13-7-9-19-16(18)15(13)17;2*6-3-1-2-9-5(8)4(3)7;6-4-3(9)1-2-8-5(4)7/h7,9,12H,3-6,8,10-11H2,1-2H3,(H2,18,19);1-2H;1-2H,(H2,8,9);1-2H,(H3,7,8,9). The van der Waals surface area contributed by atoms with E-state index in [9.17, 15) is 9.18 Å². The predicted molar refractivity (Wildman–Crippen MR) is 213 cm³/mol. The van der Waals surface area contributed by atoms with Crippen molar-refractivity contribution in [2.75, 3.05) is 29.6 Å². The van der Waals surface area contributed by atoms with Gasteiger partial charge in [-0.3, -0.25) is 4.79 Å². The topological polar surface area (TPSA) is 159 Å². The smallest absolute Gasteiger partial charge is 0.306 e. The molecule has 4 aromatic heterocycles. The van der Waals surface area contributed by atoms with Gasteiger partial charge in [0.2, 0.25) is 5.95 Å². The Morgan fingerprint density at radius 3 is 2.04 bits per heavy atom. The lowest BCUT2D eigenvalue weighted by Crippen LogP contribution is -2.14. The molecule has 0 aromatic carbocycles. The first-order chi connectivity index (χ1) is 23.2. The molecule has 4 heterocycles. The fourth-order valence-electron chi connectivity index (χ4n) is 3.29. The Morgan fingerprint density at radius 1 is 0.939 bits per heavy atom. The summed E-state index contributed by atoms with van der Waals surface area (Å²) >= 11 is 35.2. The first-order valence-corrected chi connectivity index (χ1v) is 19.0. The molecule has 0 saturated heterocycles. The molecule has 0 saturated carbocycles. The van der Waals surface area contributed by atoms with Crippen molar-refractivity contribution in [3.05, 3.63) is 88.5 Å². The number of esters is 1. The summed E-state index contributed by atoms with van der Waals surface area (Å²) in [7, 11) is 0. The molecular weight excluding hydrogens is 887 g/mol. The van der Waals surface area contributed by atoms with Gasteiger partial charge in [-0.2, -0.15) is 4.39 Å². The normalized spacial score (nSPS) is 10.7. The summed E-state index contributed by atoms with van der Waals surface area (Å²) in [6, 6.07) is 6.80. The van der Waals surface area contributed by atoms with E-state index in [-0.39, 0.29) is 11.0 Å². The third-order valence-corrected chi connectivity index (χ3v) is 11.0. The number of H-pyrrole nitrogens is 1. The van der Waals surface area contributed by atoms with E-state index < -0.39 is 5.95 Å². The average molecular weight is 923 g/mol. The number of halogens is 7. The molecule has 0 bridgehead atoms. The van der Waals surface area contributed by atoms with Crippen molar-refractivity contribution in [2.24, 2.45) is 5.92 Å². The number of unbranched alkanes of at least 4 members (excludes halogenated alkanes) is 1. The number of rotatable bonds is 10. The molecule has 4 rings (SSSR count). The quantitative estimate of drug-likeness (QED) is 0.0522. The van der Waals surface area contributed by atoms with Crippen molar-refractivity contribution in [1.82, 2.24) is 19.9 Å². The fraction of sp³-hybridized carbons (Fsp3) is 0.323. The van der Waals surface area contributed by atoms with Crippen molar-refractivity contribution in [3.8, 4) is 0 Å². The van der Waals surface area contributed by atoms with Gasteiger partial charge < -0.3 is 26.9 Å². The number of nitrogens with one attached hydrogen (secondary N) is 1. The van der Waals surface area contributed by atoms with E-state index in [1.807, 2.05) is 0 Å². The minimum absolute atomic E-state index is 0.0255. The number of hydrogen-bond acceptors (Lipinski definition) is 10. The number of aromatic nitrogens is 4. The van der Waals surface area contributed by atoms with Crippen LogP contribution < -0.4 is 17.2 Å². The molecule has 9 nitrogen and oxygen atoms in total. The number of ether oxygens (including phenoxy) is 1. The molecule has 268 valence electrons. The summed E-state index contributed by atoms with van der Waals surface area (Å²) in [6.07, 6.45) is 11.1. The number of hydrogen-bond donors (Lipinski definition) is 4. The summed E-state index contributed by atoms with van der Waals surface area (Å²) in [5, 5.41) is 1.37. The van der Waals surface area contributed by atoms with Gasteiger partial charge >= 0.3 is 5.97 Å². The minimum Gasteiger partial charge on any atom is -0.465 e. The largest absolute Gasteiger partial charge is 0.465 e. The maximum atomic E-state index is 12.3. The van der Waals surface area contributed by atoms with Crippen LogP contribution in [0.4, 0.5) is 21.8 Å². The number of carbonyl (C=O) groups is 1. The molecule has 1 atom stereocenters. The Hall–Kier alpha value is -1.91. The second-order valence-corrected chi connectivity index (χ2v) is 14.5. The molecule has 4 aromatic rings. The Bertz CT molecular complexity index is 1590. The van der Waals surface area contributed by atoms with Crippen molar-refractivity contribution >= 4 is 126 Å². The van der Waals surface area contributed by atoms with Gasteiger partial charge in [-0.1, -0.05) is 91.7 Å². The summed E-state index contributed by atoms with van der Waals surface area (Å²) in [5.41, 5.74) is 16.4. The van der Waals surface area contributed by atoms with Crippen molar-refractivity contribution in [1.29, 1.82) is 0 Å². The van der Waals surface area contributed by atoms with E-state index >= 15 is 0 Å². The van der Waals surface area contributed by atoms with Crippen LogP contribution in [0.15, 0.2) is 62.9 Å². The average Bonchev–Trinajstić information content (AvgIpc) is 3.08. The Balaban J connectivity index is 0.000000365. The second-order valence-electron chi connectivity index (χ2n) is 9.67. The lowest BCUT2D eigenvalue weighted by Gasteiger charge is -2.14. The van der Waals surface area contributed by atoms with Crippen LogP contribution in [-0.2, 0) is 9.53 Å². The van der Waals surface area contributed by atoms with Gasteiger partial charge in [-0.25, -0.2) is 15.0 Å². The van der Waals surface area contributed by atoms with Gasteiger partial charge in [-0.05, 0) is 68.5 Å². The summed E-state index contributed by atoms with van der Waals surface area (Å²) in [5.74, 6) is 1.39. The van der Waals surface area contributed by atoms with Crippen molar-refractivity contribution in [2.45, 2.75) is 50.8 Å². The molecular formula is C31H36Br2Cl4FN7O2S2. The predicted octanol–water partition coefficient (Wildman–Crippen LogP) is 11.3.